The minimum atomic E-state index is -3.71. The summed E-state index contributed by atoms with van der Waals surface area (Å²) in [6.45, 7) is 1.22. The van der Waals surface area contributed by atoms with Crippen LogP contribution in [-0.4, -0.2) is 78.2 Å². The van der Waals surface area contributed by atoms with Crippen molar-refractivity contribution in [2.45, 2.75) is 6.04 Å². The zero-order valence-corrected chi connectivity index (χ0v) is 14.4. The van der Waals surface area contributed by atoms with Gasteiger partial charge in [-0.25, -0.2) is 5.14 Å². The summed E-state index contributed by atoms with van der Waals surface area (Å²) < 4.78 is 25.1. The SMILES string of the molecule is CN(C(=O)C1CN(S(N)(=O)=O)C1)C1CN(C(=O)c2cccn2C)C1. The maximum absolute atomic E-state index is 12.3. The van der Waals surface area contributed by atoms with E-state index in [0.717, 1.165) is 4.31 Å². The Kier molecular flexibility index (Phi) is 4.14. The Morgan fingerprint density at radius 3 is 2.38 bits per heavy atom. The van der Waals surface area contributed by atoms with Crippen molar-refractivity contribution in [1.29, 1.82) is 0 Å². The maximum atomic E-state index is 12.3. The van der Waals surface area contributed by atoms with Gasteiger partial charge in [0, 0.05) is 46.5 Å². The molecule has 1 aromatic rings. The lowest BCUT2D eigenvalue weighted by molar-refractivity contribution is -0.142. The van der Waals surface area contributed by atoms with Crippen LogP contribution in [0.25, 0.3) is 0 Å². The lowest BCUT2D eigenvalue weighted by Crippen LogP contribution is -2.65. The van der Waals surface area contributed by atoms with Gasteiger partial charge in [-0.2, -0.15) is 12.7 Å². The van der Waals surface area contributed by atoms with E-state index in [0.29, 0.717) is 18.8 Å². The zero-order valence-electron chi connectivity index (χ0n) is 13.6. The van der Waals surface area contributed by atoms with Crippen molar-refractivity contribution in [2.75, 3.05) is 33.2 Å². The van der Waals surface area contributed by atoms with Crippen molar-refractivity contribution in [3.05, 3.63) is 24.0 Å². The standard InChI is InChI=1S/C14H21N5O4S/c1-16-5-3-4-12(16)14(21)18-8-11(9-18)17(2)13(20)10-6-19(7-10)24(15,22)23/h3-5,10-11H,6-9H2,1-2H3,(H2,15,22,23). The highest BCUT2D eigenvalue weighted by atomic mass is 32.2. The van der Waals surface area contributed by atoms with E-state index in [4.69, 9.17) is 5.14 Å². The zero-order chi connectivity index (χ0) is 17.6. The van der Waals surface area contributed by atoms with Crippen molar-refractivity contribution < 1.29 is 18.0 Å². The van der Waals surface area contributed by atoms with Gasteiger partial charge in [0.05, 0.1) is 12.0 Å². The molecule has 0 bridgehead atoms. The van der Waals surface area contributed by atoms with Crippen LogP contribution < -0.4 is 5.14 Å². The summed E-state index contributed by atoms with van der Waals surface area (Å²) in [5.41, 5.74) is 0.616. The molecule has 132 valence electrons. The summed E-state index contributed by atoms with van der Waals surface area (Å²) in [6, 6.07) is 3.54. The first-order valence-electron chi connectivity index (χ1n) is 7.63. The van der Waals surface area contributed by atoms with Crippen LogP contribution in [0.4, 0.5) is 0 Å². The van der Waals surface area contributed by atoms with Crippen molar-refractivity contribution in [2.24, 2.45) is 18.1 Å². The molecule has 2 aliphatic rings. The summed E-state index contributed by atoms with van der Waals surface area (Å²) in [5, 5.41) is 5.01. The van der Waals surface area contributed by atoms with Gasteiger partial charge in [-0.05, 0) is 12.1 Å². The number of nitrogens with zero attached hydrogens (tertiary/aromatic N) is 4. The van der Waals surface area contributed by atoms with E-state index < -0.39 is 10.2 Å². The molecule has 0 radical (unpaired) electrons. The van der Waals surface area contributed by atoms with Crippen LogP contribution in [0.5, 0.6) is 0 Å². The summed E-state index contributed by atoms with van der Waals surface area (Å²) in [7, 11) is -0.207. The van der Waals surface area contributed by atoms with Crippen LogP contribution in [0.15, 0.2) is 18.3 Å². The van der Waals surface area contributed by atoms with Crippen LogP contribution >= 0.6 is 0 Å². The second kappa shape index (κ2) is 5.87. The monoisotopic (exact) mass is 355 g/mol. The minimum absolute atomic E-state index is 0.0368. The third kappa shape index (κ3) is 2.92. The van der Waals surface area contributed by atoms with Gasteiger partial charge in [0.25, 0.3) is 16.1 Å². The van der Waals surface area contributed by atoms with E-state index in [1.165, 1.54) is 0 Å². The number of amides is 2. The van der Waals surface area contributed by atoms with E-state index in [-0.39, 0.29) is 36.9 Å². The van der Waals surface area contributed by atoms with E-state index in [2.05, 4.69) is 0 Å². The second-order valence-corrected chi connectivity index (χ2v) is 7.92. The van der Waals surface area contributed by atoms with Crippen LogP contribution in [0.2, 0.25) is 0 Å². The molecule has 3 heterocycles. The Hall–Kier alpha value is -1.91. The van der Waals surface area contributed by atoms with Gasteiger partial charge >= 0.3 is 0 Å². The van der Waals surface area contributed by atoms with Crippen LogP contribution in [0.3, 0.4) is 0 Å². The number of hydrogen-bond acceptors (Lipinski definition) is 4. The molecule has 0 aromatic carbocycles. The Balaban J connectivity index is 1.50. The van der Waals surface area contributed by atoms with Gasteiger partial charge in [0.1, 0.15) is 5.69 Å². The second-order valence-electron chi connectivity index (χ2n) is 6.38. The Morgan fingerprint density at radius 1 is 1.25 bits per heavy atom. The number of carbonyl (C=O) groups excluding carboxylic acids is 2. The fourth-order valence-corrected chi connectivity index (χ4v) is 3.76. The first-order valence-corrected chi connectivity index (χ1v) is 9.14. The van der Waals surface area contributed by atoms with E-state index in [1.807, 2.05) is 19.3 Å². The summed E-state index contributed by atoms with van der Waals surface area (Å²) >= 11 is 0. The summed E-state index contributed by atoms with van der Waals surface area (Å²) in [4.78, 5) is 28.0. The normalized spacial score (nSPS) is 19.7. The van der Waals surface area contributed by atoms with Crippen molar-refractivity contribution in [3.8, 4) is 0 Å². The first kappa shape index (κ1) is 16.9. The van der Waals surface area contributed by atoms with Gasteiger partial charge in [0.2, 0.25) is 5.91 Å². The lowest BCUT2D eigenvalue weighted by atomic mass is 9.99. The quantitative estimate of drug-likeness (QED) is 0.705. The third-order valence-electron chi connectivity index (χ3n) is 4.76. The summed E-state index contributed by atoms with van der Waals surface area (Å²) in [5.74, 6) is -0.513. The fraction of sp³-hybridized carbons (Fsp3) is 0.571. The number of nitrogens with two attached hydrogens (primary N) is 1. The molecule has 10 heteroatoms. The molecule has 3 rings (SSSR count). The average molecular weight is 355 g/mol. The number of likely N-dealkylation sites (N-methyl/N-ethyl adjacent to an activating group) is 1. The molecular weight excluding hydrogens is 334 g/mol. The van der Waals surface area contributed by atoms with Gasteiger partial charge in [-0.15, -0.1) is 0 Å². The maximum Gasteiger partial charge on any atom is 0.276 e. The molecular formula is C14H21N5O4S. The Morgan fingerprint density at radius 2 is 1.88 bits per heavy atom. The number of aromatic nitrogens is 1. The highest BCUT2D eigenvalue weighted by Gasteiger charge is 2.43. The smallest absolute Gasteiger partial charge is 0.276 e. The number of likely N-dealkylation sites (tertiary alicyclic amines) is 1. The molecule has 2 aliphatic heterocycles. The van der Waals surface area contributed by atoms with Crippen molar-refractivity contribution in [1.82, 2.24) is 18.7 Å². The molecule has 9 nitrogen and oxygen atoms in total. The summed E-state index contributed by atoms with van der Waals surface area (Å²) in [6.07, 6.45) is 1.81. The van der Waals surface area contributed by atoms with Crippen molar-refractivity contribution in [3.63, 3.8) is 0 Å². The molecule has 24 heavy (non-hydrogen) atoms. The minimum Gasteiger partial charge on any atom is -0.347 e. The van der Waals surface area contributed by atoms with Crippen LogP contribution in [0, 0.1) is 5.92 Å². The molecule has 2 fully saturated rings. The molecule has 2 saturated heterocycles. The van der Waals surface area contributed by atoms with Gasteiger partial charge < -0.3 is 14.4 Å². The molecule has 2 N–H and O–H groups in total. The molecule has 0 aliphatic carbocycles. The highest BCUT2D eigenvalue weighted by Crippen LogP contribution is 2.23. The molecule has 0 spiro atoms. The number of rotatable bonds is 4. The molecule has 1 aromatic heterocycles. The lowest BCUT2D eigenvalue weighted by Gasteiger charge is -2.46. The third-order valence-corrected chi connectivity index (χ3v) is 5.78. The molecule has 0 atom stereocenters. The fourth-order valence-electron chi connectivity index (χ4n) is 2.98. The highest BCUT2D eigenvalue weighted by molar-refractivity contribution is 7.86. The average Bonchev–Trinajstić information content (AvgIpc) is 2.79. The predicted octanol–water partition coefficient (Wildman–Crippen LogP) is -1.56. The molecule has 2 amide bonds. The predicted molar refractivity (Wildman–Crippen MR) is 86.0 cm³/mol. The largest absolute Gasteiger partial charge is 0.347 e. The van der Waals surface area contributed by atoms with E-state index in [1.54, 1.807) is 27.5 Å². The topological polar surface area (TPSA) is 109 Å². The number of hydrogen-bond donors (Lipinski definition) is 1. The van der Waals surface area contributed by atoms with E-state index >= 15 is 0 Å². The van der Waals surface area contributed by atoms with Gasteiger partial charge in [-0.1, -0.05) is 0 Å². The molecule has 0 unspecified atom stereocenters. The number of carbonyl (C=O) groups is 2. The Bertz CT molecular complexity index is 762. The van der Waals surface area contributed by atoms with Crippen LogP contribution in [-0.2, 0) is 22.1 Å². The van der Waals surface area contributed by atoms with E-state index in [9.17, 15) is 18.0 Å². The van der Waals surface area contributed by atoms with Crippen LogP contribution in [0.1, 0.15) is 10.5 Å². The Labute approximate surface area is 140 Å². The first-order chi connectivity index (χ1) is 11.2. The van der Waals surface area contributed by atoms with Gasteiger partial charge in [-0.3, -0.25) is 9.59 Å². The van der Waals surface area contributed by atoms with Gasteiger partial charge in [0.15, 0.2) is 0 Å². The molecule has 0 saturated carbocycles. The number of aryl methyl sites for hydroxylation is 1. The van der Waals surface area contributed by atoms with Crippen molar-refractivity contribution >= 4 is 22.0 Å².